The number of oxime groups is 1. The number of nitrogens with two attached hydrogens (primary N) is 1. The molecular formula is C16H28N6O3. The van der Waals surface area contributed by atoms with Gasteiger partial charge in [-0.05, 0) is 12.8 Å². The van der Waals surface area contributed by atoms with Crippen LogP contribution in [0.3, 0.4) is 0 Å². The van der Waals surface area contributed by atoms with Gasteiger partial charge in [0.25, 0.3) is 0 Å². The number of aliphatic carboxylic acids is 1. The molecule has 1 atom stereocenters. The molecule has 0 saturated carbocycles. The van der Waals surface area contributed by atoms with Crippen LogP contribution in [-0.2, 0) is 9.63 Å². The fourth-order valence-corrected chi connectivity index (χ4v) is 3.84. The summed E-state index contributed by atoms with van der Waals surface area (Å²) in [6, 6.07) is 0. The second-order valence-electron chi connectivity index (χ2n) is 7.06. The van der Waals surface area contributed by atoms with E-state index in [-0.39, 0.29) is 12.6 Å². The van der Waals surface area contributed by atoms with Gasteiger partial charge in [0.05, 0.1) is 12.3 Å². The molecule has 0 bridgehead atoms. The molecule has 25 heavy (non-hydrogen) atoms. The molecule has 0 amide bonds. The monoisotopic (exact) mass is 352 g/mol. The van der Waals surface area contributed by atoms with E-state index in [2.05, 4.69) is 20.1 Å². The Morgan fingerprint density at radius 2 is 1.92 bits per heavy atom. The van der Waals surface area contributed by atoms with Crippen LogP contribution in [0.1, 0.15) is 19.3 Å². The van der Waals surface area contributed by atoms with Gasteiger partial charge in [-0.3, -0.25) is 14.6 Å². The Kier molecular flexibility index (Phi) is 6.09. The van der Waals surface area contributed by atoms with Crippen LogP contribution in [0, 0.1) is 5.92 Å². The molecule has 3 aliphatic rings. The molecular weight excluding hydrogens is 324 g/mol. The van der Waals surface area contributed by atoms with Crippen LogP contribution >= 0.6 is 0 Å². The van der Waals surface area contributed by atoms with E-state index < -0.39 is 5.97 Å². The van der Waals surface area contributed by atoms with Gasteiger partial charge in [-0.25, -0.2) is 0 Å². The Labute approximate surface area is 148 Å². The number of carboxylic acids is 1. The number of rotatable bonds is 6. The van der Waals surface area contributed by atoms with Crippen molar-refractivity contribution in [1.82, 2.24) is 14.7 Å². The minimum Gasteiger partial charge on any atom is -0.480 e. The van der Waals surface area contributed by atoms with Gasteiger partial charge in [-0.1, -0.05) is 5.16 Å². The van der Waals surface area contributed by atoms with E-state index >= 15 is 0 Å². The quantitative estimate of drug-likeness (QED) is 0.286. The van der Waals surface area contributed by atoms with Gasteiger partial charge >= 0.3 is 5.97 Å². The first kappa shape index (κ1) is 17.9. The fraction of sp³-hybridized carbons (Fsp3) is 0.812. The van der Waals surface area contributed by atoms with E-state index in [0.717, 1.165) is 65.1 Å². The average Bonchev–Trinajstić information content (AvgIpc) is 3.06. The minimum atomic E-state index is -0.755. The van der Waals surface area contributed by atoms with Gasteiger partial charge in [-0.2, -0.15) is 5.10 Å². The minimum absolute atomic E-state index is 0.129. The van der Waals surface area contributed by atoms with Gasteiger partial charge in [0.15, 0.2) is 0 Å². The summed E-state index contributed by atoms with van der Waals surface area (Å²) in [4.78, 5) is 22.9. The second kappa shape index (κ2) is 8.48. The van der Waals surface area contributed by atoms with Gasteiger partial charge in [0, 0.05) is 58.2 Å². The normalized spacial score (nSPS) is 26.8. The molecule has 0 aromatic carbocycles. The lowest BCUT2D eigenvalue weighted by Gasteiger charge is -2.34. The zero-order valence-corrected chi connectivity index (χ0v) is 14.6. The highest BCUT2D eigenvalue weighted by atomic mass is 16.6. The van der Waals surface area contributed by atoms with Gasteiger partial charge in [0.1, 0.15) is 12.4 Å². The van der Waals surface area contributed by atoms with Gasteiger partial charge in [0.2, 0.25) is 0 Å². The molecule has 0 radical (unpaired) electrons. The number of piperidine rings is 1. The van der Waals surface area contributed by atoms with E-state index in [9.17, 15) is 4.79 Å². The summed E-state index contributed by atoms with van der Waals surface area (Å²) in [6.45, 7) is 6.29. The summed E-state index contributed by atoms with van der Waals surface area (Å²) in [7, 11) is 0. The number of likely N-dealkylation sites (tertiary alicyclic amines) is 1. The number of nitrogens with zero attached hydrogens (tertiary/aromatic N) is 5. The van der Waals surface area contributed by atoms with Crippen LogP contribution in [0.25, 0.3) is 0 Å². The lowest BCUT2D eigenvalue weighted by Crippen LogP contribution is -2.49. The first-order chi connectivity index (χ1) is 12.1. The van der Waals surface area contributed by atoms with Crippen molar-refractivity contribution >= 4 is 18.0 Å². The predicted octanol–water partition coefficient (Wildman–Crippen LogP) is -0.552. The molecule has 0 aliphatic carbocycles. The third-order valence-corrected chi connectivity index (χ3v) is 5.27. The molecule has 0 spiro atoms. The van der Waals surface area contributed by atoms with E-state index in [1.165, 1.54) is 5.71 Å². The Morgan fingerprint density at radius 3 is 2.56 bits per heavy atom. The summed E-state index contributed by atoms with van der Waals surface area (Å²) >= 11 is 0. The molecule has 3 heterocycles. The van der Waals surface area contributed by atoms with Gasteiger partial charge < -0.3 is 20.7 Å². The maximum atomic E-state index is 10.8. The number of hydrogen-bond donors (Lipinski definition) is 2. The standard InChI is InChI=1S/C16H28N6O3/c17-18-12-22-3-1-13(2-4-22)15-9-14(25-19-15)10-20-5-7-21(8-6-20)11-16(23)24/h12-14H,1-11,17H2,(H,23,24)/b18-12-. The molecule has 3 N–H and O–H groups in total. The van der Waals surface area contributed by atoms with E-state index in [4.69, 9.17) is 15.8 Å². The molecule has 3 aliphatic heterocycles. The maximum absolute atomic E-state index is 10.8. The number of hydrazone groups is 1. The largest absolute Gasteiger partial charge is 0.480 e. The van der Waals surface area contributed by atoms with Crippen molar-refractivity contribution in [2.45, 2.75) is 25.4 Å². The summed E-state index contributed by atoms with van der Waals surface area (Å²) in [5.41, 5.74) is 1.19. The highest BCUT2D eigenvalue weighted by molar-refractivity contribution is 5.88. The summed E-state index contributed by atoms with van der Waals surface area (Å²) in [5, 5.41) is 16.8. The van der Waals surface area contributed by atoms with Crippen molar-refractivity contribution in [2.24, 2.45) is 22.0 Å². The van der Waals surface area contributed by atoms with Crippen molar-refractivity contribution in [3.8, 4) is 0 Å². The van der Waals surface area contributed by atoms with Crippen molar-refractivity contribution < 1.29 is 14.7 Å². The number of hydrogen-bond acceptors (Lipinski definition) is 7. The smallest absolute Gasteiger partial charge is 0.317 e. The van der Waals surface area contributed by atoms with Crippen LogP contribution in [0.2, 0.25) is 0 Å². The summed E-state index contributed by atoms with van der Waals surface area (Å²) < 4.78 is 0. The highest BCUT2D eigenvalue weighted by Crippen LogP contribution is 2.25. The van der Waals surface area contributed by atoms with Crippen LogP contribution in [0.15, 0.2) is 10.3 Å². The van der Waals surface area contributed by atoms with Crippen LogP contribution in [0.4, 0.5) is 0 Å². The van der Waals surface area contributed by atoms with E-state index in [0.29, 0.717) is 5.92 Å². The van der Waals surface area contributed by atoms with E-state index in [1.807, 2.05) is 4.90 Å². The fourth-order valence-electron chi connectivity index (χ4n) is 3.84. The SMILES string of the molecule is N/N=C\N1CCC(C2=NOC(CN3CCN(CC(=O)O)CC3)C2)CC1. The summed E-state index contributed by atoms with van der Waals surface area (Å²) in [6.07, 6.45) is 4.87. The molecule has 1 unspecified atom stereocenters. The number of carbonyl (C=O) groups is 1. The lowest BCUT2D eigenvalue weighted by atomic mass is 9.89. The number of piperazine rings is 1. The average molecular weight is 352 g/mol. The molecule has 0 aromatic heterocycles. The number of carboxylic acid groups (broad SMARTS) is 1. The molecule has 2 fully saturated rings. The summed E-state index contributed by atoms with van der Waals surface area (Å²) in [5.74, 6) is 4.95. The maximum Gasteiger partial charge on any atom is 0.317 e. The topological polar surface area (TPSA) is 107 Å². The van der Waals surface area contributed by atoms with Crippen LogP contribution in [0.5, 0.6) is 0 Å². The van der Waals surface area contributed by atoms with Crippen LogP contribution < -0.4 is 5.84 Å². The lowest BCUT2D eigenvalue weighted by molar-refractivity contribution is -0.138. The zero-order chi connectivity index (χ0) is 17.6. The Hall–Kier alpha value is -1.87. The third kappa shape index (κ3) is 5.05. The highest BCUT2D eigenvalue weighted by Gasteiger charge is 2.31. The van der Waals surface area contributed by atoms with Crippen LogP contribution in [-0.4, -0.2) is 96.3 Å². The predicted molar refractivity (Wildman–Crippen MR) is 94.4 cm³/mol. The van der Waals surface area contributed by atoms with Crippen molar-refractivity contribution in [2.75, 3.05) is 52.4 Å². The Balaban J connectivity index is 1.37. The van der Waals surface area contributed by atoms with Crippen molar-refractivity contribution in [3.05, 3.63) is 0 Å². The molecule has 0 aromatic rings. The van der Waals surface area contributed by atoms with Crippen molar-refractivity contribution in [1.29, 1.82) is 0 Å². The molecule has 140 valence electrons. The Bertz CT molecular complexity index is 510. The first-order valence-electron chi connectivity index (χ1n) is 9.00. The van der Waals surface area contributed by atoms with Gasteiger partial charge in [-0.15, -0.1) is 0 Å². The first-order valence-corrected chi connectivity index (χ1v) is 9.00. The zero-order valence-electron chi connectivity index (χ0n) is 14.6. The third-order valence-electron chi connectivity index (χ3n) is 5.27. The van der Waals surface area contributed by atoms with E-state index in [1.54, 1.807) is 6.34 Å². The second-order valence-corrected chi connectivity index (χ2v) is 7.06. The molecule has 2 saturated heterocycles. The van der Waals surface area contributed by atoms with Crippen molar-refractivity contribution in [3.63, 3.8) is 0 Å². The molecule has 9 heteroatoms. The molecule has 3 rings (SSSR count). The Morgan fingerprint density at radius 1 is 1.24 bits per heavy atom. The molecule has 9 nitrogen and oxygen atoms in total.